The van der Waals surface area contributed by atoms with E-state index in [1.54, 1.807) is 11.3 Å². The van der Waals surface area contributed by atoms with Gasteiger partial charge in [-0.1, -0.05) is 12.5 Å². The maximum atomic E-state index is 12.2. The van der Waals surface area contributed by atoms with Crippen molar-refractivity contribution in [1.29, 1.82) is 0 Å². The van der Waals surface area contributed by atoms with E-state index in [9.17, 15) is 4.79 Å². The van der Waals surface area contributed by atoms with Gasteiger partial charge in [0.15, 0.2) is 0 Å². The molecule has 0 saturated heterocycles. The first-order chi connectivity index (χ1) is 9.83. The number of amides is 1. The van der Waals surface area contributed by atoms with E-state index in [-0.39, 0.29) is 5.91 Å². The zero-order valence-corrected chi connectivity index (χ0v) is 12.7. The summed E-state index contributed by atoms with van der Waals surface area (Å²) in [5.74, 6) is 0.00884. The molecule has 4 heteroatoms. The lowest BCUT2D eigenvalue weighted by Gasteiger charge is -2.10. The van der Waals surface area contributed by atoms with Crippen molar-refractivity contribution < 1.29 is 4.79 Å². The van der Waals surface area contributed by atoms with Gasteiger partial charge in [-0.25, -0.2) is 0 Å². The Morgan fingerprint density at radius 3 is 2.80 bits per heavy atom. The van der Waals surface area contributed by atoms with Crippen LogP contribution in [0.5, 0.6) is 0 Å². The zero-order chi connectivity index (χ0) is 13.8. The van der Waals surface area contributed by atoms with E-state index in [1.165, 1.54) is 42.5 Å². The maximum Gasteiger partial charge on any atom is 0.279 e. The van der Waals surface area contributed by atoms with Crippen LogP contribution in [0.1, 0.15) is 65.1 Å². The molecule has 20 heavy (non-hydrogen) atoms. The highest BCUT2D eigenvalue weighted by atomic mass is 32.1. The number of allylic oxidation sites excluding steroid dienone is 2. The number of carbonyl (C=O) groups is 1. The fourth-order valence-electron chi connectivity index (χ4n) is 2.93. The highest BCUT2D eigenvalue weighted by Gasteiger charge is 2.17. The van der Waals surface area contributed by atoms with E-state index < -0.39 is 0 Å². The van der Waals surface area contributed by atoms with Crippen molar-refractivity contribution in [3.63, 3.8) is 0 Å². The topological polar surface area (TPSA) is 41.1 Å². The Morgan fingerprint density at radius 1 is 1.05 bits per heavy atom. The normalized spacial score (nSPS) is 18.7. The minimum Gasteiger partial charge on any atom is -0.303 e. The van der Waals surface area contributed by atoms with E-state index in [0.29, 0.717) is 0 Å². The number of rotatable bonds is 3. The second-order valence-electron chi connectivity index (χ2n) is 5.67. The lowest BCUT2D eigenvalue weighted by atomic mass is 9.99. The molecule has 1 aromatic heterocycles. The molecule has 1 aromatic rings. The summed E-state index contributed by atoms with van der Waals surface area (Å²) < 4.78 is 0. The highest BCUT2D eigenvalue weighted by molar-refractivity contribution is 7.14. The summed E-state index contributed by atoms with van der Waals surface area (Å²) in [7, 11) is 0. The number of hydrazine groups is 1. The van der Waals surface area contributed by atoms with E-state index in [1.807, 2.05) is 0 Å². The Kier molecular flexibility index (Phi) is 4.41. The zero-order valence-electron chi connectivity index (χ0n) is 11.8. The SMILES string of the molecule is O=C(NNC1=CCCCCC1)c1cc2c(s1)CCCC2. The lowest BCUT2D eigenvalue weighted by molar-refractivity contribution is 0.0942. The molecule has 0 fully saturated rings. The van der Waals surface area contributed by atoms with E-state index in [4.69, 9.17) is 0 Å². The van der Waals surface area contributed by atoms with Gasteiger partial charge in [0, 0.05) is 10.6 Å². The van der Waals surface area contributed by atoms with Gasteiger partial charge in [0.1, 0.15) is 0 Å². The number of hydrogen-bond donors (Lipinski definition) is 2. The van der Waals surface area contributed by atoms with Crippen LogP contribution >= 0.6 is 11.3 Å². The summed E-state index contributed by atoms with van der Waals surface area (Å²) >= 11 is 1.66. The summed E-state index contributed by atoms with van der Waals surface area (Å²) in [5.41, 5.74) is 8.52. The van der Waals surface area contributed by atoms with Gasteiger partial charge >= 0.3 is 0 Å². The van der Waals surface area contributed by atoms with Gasteiger partial charge in [-0.15, -0.1) is 11.3 Å². The summed E-state index contributed by atoms with van der Waals surface area (Å²) in [6, 6.07) is 2.08. The Morgan fingerprint density at radius 2 is 1.90 bits per heavy atom. The largest absolute Gasteiger partial charge is 0.303 e. The number of nitrogens with one attached hydrogen (secondary N) is 2. The Bertz CT molecular complexity index is 495. The highest BCUT2D eigenvalue weighted by Crippen LogP contribution is 2.29. The number of hydrogen-bond acceptors (Lipinski definition) is 3. The van der Waals surface area contributed by atoms with Gasteiger partial charge in [-0.3, -0.25) is 10.2 Å². The molecule has 0 radical (unpaired) electrons. The van der Waals surface area contributed by atoms with Crippen molar-refractivity contribution in [3.05, 3.63) is 33.2 Å². The molecule has 0 aliphatic heterocycles. The van der Waals surface area contributed by atoms with Crippen molar-refractivity contribution in [2.75, 3.05) is 0 Å². The minimum absolute atomic E-state index is 0.00884. The van der Waals surface area contributed by atoms with Crippen LogP contribution in [0.2, 0.25) is 0 Å². The van der Waals surface area contributed by atoms with Crippen LogP contribution in [0.15, 0.2) is 17.8 Å². The van der Waals surface area contributed by atoms with Gasteiger partial charge in [0.2, 0.25) is 0 Å². The average Bonchev–Trinajstić information content (AvgIpc) is 2.74. The molecule has 0 spiro atoms. The van der Waals surface area contributed by atoms with Crippen LogP contribution in [0, 0.1) is 0 Å². The average molecular weight is 290 g/mol. The van der Waals surface area contributed by atoms with Crippen LogP contribution in [-0.4, -0.2) is 5.91 Å². The summed E-state index contributed by atoms with van der Waals surface area (Å²) in [4.78, 5) is 14.5. The number of thiophene rings is 1. The monoisotopic (exact) mass is 290 g/mol. The first-order valence-electron chi connectivity index (χ1n) is 7.70. The van der Waals surface area contributed by atoms with Crippen LogP contribution < -0.4 is 10.9 Å². The molecule has 0 bridgehead atoms. The van der Waals surface area contributed by atoms with Crippen molar-refractivity contribution in [3.8, 4) is 0 Å². The fourth-order valence-corrected chi connectivity index (χ4v) is 4.08. The smallest absolute Gasteiger partial charge is 0.279 e. The quantitative estimate of drug-likeness (QED) is 0.833. The summed E-state index contributed by atoms with van der Waals surface area (Å²) in [6.45, 7) is 0. The predicted molar refractivity (Wildman–Crippen MR) is 82.7 cm³/mol. The first kappa shape index (κ1) is 13.7. The molecule has 2 N–H and O–H groups in total. The minimum atomic E-state index is 0.00884. The number of fused-ring (bicyclic) bond motifs is 1. The molecule has 2 aliphatic rings. The lowest BCUT2D eigenvalue weighted by Crippen LogP contribution is -2.36. The molecular weight excluding hydrogens is 268 g/mol. The Hall–Kier alpha value is -1.29. The fraction of sp³-hybridized carbons (Fsp3) is 0.562. The van der Waals surface area contributed by atoms with Gasteiger partial charge in [-0.05, 0) is 63.0 Å². The van der Waals surface area contributed by atoms with Crippen LogP contribution in [0.4, 0.5) is 0 Å². The maximum absolute atomic E-state index is 12.2. The second-order valence-corrected chi connectivity index (χ2v) is 6.81. The van der Waals surface area contributed by atoms with Crippen molar-refractivity contribution in [1.82, 2.24) is 10.9 Å². The molecular formula is C16H22N2OS. The molecule has 0 aromatic carbocycles. The molecule has 1 heterocycles. The van der Waals surface area contributed by atoms with E-state index in [2.05, 4.69) is 23.0 Å². The van der Waals surface area contributed by atoms with Gasteiger partial charge in [0.25, 0.3) is 5.91 Å². The van der Waals surface area contributed by atoms with Crippen molar-refractivity contribution >= 4 is 17.2 Å². The molecule has 108 valence electrons. The summed E-state index contributed by atoms with van der Waals surface area (Å²) in [5, 5.41) is 0. The third-order valence-electron chi connectivity index (χ3n) is 4.10. The van der Waals surface area contributed by atoms with Crippen molar-refractivity contribution in [2.45, 2.75) is 57.8 Å². The molecule has 0 atom stereocenters. The standard InChI is InChI=1S/C16H22N2OS/c19-16(18-17-13-8-3-1-2-4-9-13)15-11-12-7-5-6-10-14(12)20-15/h8,11,17H,1-7,9-10H2,(H,18,19). The van der Waals surface area contributed by atoms with Crippen LogP contribution in [0.25, 0.3) is 0 Å². The molecule has 0 saturated carbocycles. The number of carbonyl (C=O) groups excluding carboxylic acids is 1. The Balaban J connectivity index is 1.58. The molecule has 3 nitrogen and oxygen atoms in total. The van der Waals surface area contributed by atoms with Gasteiger partial charge < -0.3 is 5.43 Å². The first-order valence-corrected chi connectivity index (χ1v) is 8.51. The second kappa shape index (κ2) is 6.44. The van der Waals surface area contributed by atoms with Crippen molar-refractivity contribution in [2.24, 2.45) is 0 Å². The van der Waals surface area contributed by atoms with Crippen LogP contribution in [0.3, 0.4) is 0 Å². The third kappa shape index (κ3) is 3.23. The van der Waals surface area contributed by atoms with E-state index in [0.717, 1.165) is 36.3 Å². The van der Waals surface area contributed by atoms with E-state index >= 15 is 0 Å². The molecule has 0 unspecified atom stereocenters. The molecule has 1 amide bonds. The van der Waals surface area contributed by atoms with Gasteiger partial charge in [-0.2, -0.15) is 0 Å². The van der Waals surface area contributed by atoms with Gasteiger partial charge in [0.05, 0.1) is 4.88 Å². The third-order valence-corrected chi connectivity index (χ3v) is 5.33. The summed E-state index contributed by atoms with van der Waals surface area (Å²) in [6.07, 6.45) is 12.9. The predicted octanol–water partition coefficient (Wildman–Crippen LogP) is 3.71. The molecule has 2 aliphatic carbocycles. The van der Waals surface area contributed by atoms with Crippen LogP contribution in [-0.2, 0) is 12.8 Å². The number of aryl methyl sites for hydroxylation is 2. The Labute approximate surface area is 124 Å². The molecule has 3 rings (SSSR count).